The summed E-state index contributed by atoms with van der Waals surface area (Å²) < 4.78 is 4.93. The molecule has 1 aliphatic rings. The van der Waals surface area contributed by atoms with Gasteiger partial charge in [-0.1, -0.05) is 0 Å². The Labute approximate surface area is 102 Å². The Balaban J connectivity index is 2.00. The zero-order chi connectivity index (χ0) is 10.9. The monoisotopic (exact) mass is 248 g/mol. The number of methoxy groups -OCH3 is 1. The zero-order valence-corrected chi connectivity index (χ0v) is 10.9. The lowest BCUT2D eigenvalue weighted by atomic mass is 10.0. The van der Waals surface area contributed by atoms with Crippen molar-refractivity contribution in [1.29, 1.82) is 0 Å². The highest BCUT2D eigenvalue weighted by Gasteiger charge is 2.13. The van der Waals surface area contributed by atoms with Crippen molar-refractivity contribution >= 4 is 29.1 Å². The molecule has 1 rings (SSSR count). The van der Waals surface area contributed by atoms with E-state index in [1.54, 1.807) is 7.11 Å². The molecule has 0 aromatic carbocycles. The van der Waals surface area contributed by atoms with Gasteiger partial charge in [-0.2, -0.15) is 11.8 Å². The fourth-order valence-electron chi connectivity index (χ4n) is 1.52. The molecule has 0 aliphatic carbocycles. The minimum Gasteiger partial charge on any atom is -0.383 e. The lowest BCUT2D eigenvalue weighted by Gasteiger charge is -2.22. The van der Waals surface area contributed by atoms with Gasteiger partial charge in [0, 0.05) is 20.2 Å². The summed E-state index contributed by atoms with van der Waals surface area (Å²) in [5.41, 5.74) is 0. The van der Waals surface area contributed by atoms with Crippen LogP contribution in [0.4, 0.5) is 0 Å². The minimum absolute atomic E-state index is 0.696. The number of thiocarbonyl (C=S) groups is 1. The van der Waals surface area contributed by atoms with Crippen LogP contribution >= 0.6 is 24.0 Å². The van der Waals surface area contributed by atoms with Crippen molar-refractivity contribution in [2.24, 2.45) is 5.92 Å². The molecule has 1 aliphatic heterocycles. The van der Waals surface area contributed by atoms with Crippen LogP contribution < -0.4 is 10.6 Å². The molecule has 1 saturated heterocycles. The quantitative estimate of drug-likeness (QED) is 0.565. The summed E-state index contributed by atoms with van der Waals surface area (Å²) in [6.07, 6.45) is 2.64. The molecular formula is C10H20N2OS2. The Morgan fingerprint density at radius 3 is 2.80 bits per heavy atom. The molecule has 0 amide bonds. The topological polar surface area (TPSA) is 33.3 Å². The molecule has 15 heavy (non-hydrogen) atoms. The molecule has 2 N–H and O–H groups in total. The molecule has 88 valence electrons. The van der Waals surface area contributed by atoms with E-state index in [2.05, 4.69) is 22.4 Å². The molecule has 1 fully saturated rings. The van der Waals surface area contributed by atoms with Crippen molar-refractivity contribution in [3.8, 4) is 0 Å². The third-order valence-corrected chi connectivity index (χ3v) is 3.82. The van der Waals surface area contributed by atoms with E-state index in [-0.39, 0.29) is 0 Å². The van der Waals surface area contributed by atoms with Gasteiger partial charge in [-0.25, -0.2) is 0 Å². The van der Waals surface area contributed by atoms with Crippen molar-refractivity contribution < 1.29 is 4.74 Å². The van der Waals surface area contributed by atoms with Crippen molar-refractivity contribution in [2.75, 3.05) is 38.3 Å². The highest BCUT2D eigenvalue weighted by molar-refractivity contribution is 7.99. The number of nitrogens with one attached hydrogen (secondary N) is 2. The maximum Gasteiger partial charge on any atom is 0.166 e. The van der Waals surface area contributed by atoms with Gasteiger partial charge >= 0.3 is 0 Å². The van der Waals surface area contributed by atoms with Gasteiger partial charge in [0.05, 0.1) is 6.61 Å². The Bertz CT molecular complexity index is 184. The summed E-state index contributed by atoms with van der Waals surface area (Å²) in [5.74, 6) is 3.40. The van der Waals surface area contributed by atoms with Gasteiger partial charge in [0.25, 0.3) is 0 Å². The second-order valence-electron chi connectivity index (χ2n) is 3.69. The van der Waals surface area contributed by atoms with Gasteiger partial charge in [-0.15, -0.1) is 0 Å². The fraction of sp³-hybridized carbons (Fsp3) is 0.900. The van der Waals surface area contributed by atoms with Crippen LogP contribution in [0.2, 0.25) is 0 Å². The molecule has 0 radical (unpaired) electrons. The number of rotatable bonds is 5. The molecule has 1 heterocycles. The summed E-state index contributed by atoms with van der Waals surface area (Å²) >= 11 is 7.21. The van der Waals surface area contributed by atoms with Gasteiger partial charge < -0.3 is 15.4 Å². The highest BCUT2D eigenvalue weighted by Crippen LogP contribution is 2.21. The summed E-state index contributed by atoms with van der Waals surface area (Å²) in [6.45, 7) is 2.49. The predicted molar refractivity (Wildman–Crippen MR) is 70.5 cm³/mol. The van der Waals surface area contributed by atoms with Crippen LogP contribution in [0.15, 0.2) is 0 Å². The summed E-state index contributed by atoms with van der Waals surface area (Å²) in [6, 6.07) is 0. The van der Waals surface area contributed by atoms with Crippen LogP contribution in [0.1, 0.15) is 12.8 Å². The Morgan fingerprint density at radius 2 is 2.13 bits per heavy atom. The van der Waals surface area contributed by atoms with Crippen LogP contribution in [0, 0.1) is 5.92 Å². The number of hydrogen-bond donors (Lipinski definition) is 2. The Hall–Kier alpha value is 0. The first-order valence-corrected chi connectivity index (χ1v) is 6.97. The maximum absolute atomic E-state index is 5.15. The smallest absolute Gasteiger partial charge is 0.166 e. The van der Waals surface area contributed by atoms with Gasteiger partial charge in [-0.3, -0.25) is 0 Å². The van der Waals surface area contributed by atoms with E-state index < -0.39 is 0 Å². The van der Waals surface area contributed by atoms with Crippen molar-refractivity contribution in [3.05, 3.63) is 0 Å². The third kappa shape index (κ3) is 6.22. The van der Waals surface area contributed by atoms with Crippen LogP contribution in [0.5, 0.6) is 0 Å². The van der Waals surface area contributed by atoms with Crippen LogP contribution in [-0.2, 0) is 4.74 Å². The molecule has 0 atom stereocenters. The highest BCUT2D eigenvalue weighted by atomic mass is 32.2. The van der Waals surface area contributed by atoms with Crippen molar-refractivity contribution in [1.82, 2.24) is 10.6 Å². The molecule has 0 bridgehead atoms. The number of hydrogen-bond acceptors (Lipinski definition) is 3. The van der Waals surface area contributed by atoms with E-state index in [1.807, 2.05) is 0 Å². The Kier molecular flexibility index (Phi) is 7.13. The van der Waals surface area contributed by atoms with Crippen molar-refractivity contribution in [2.45, 2.75) is 12.8 Å². The predicted octanol–water partition coefficient (Wildman–Crippen LogP) is 1.24. The third-order valence-electron chi connectivity index (χ3n) is 2.48. The van der Waals surface area contributed by atoms with E-state index in [1.165, 1.54) is 24.3 Å². The average molecular weight is 248 g/mol. The summed E-state index contributed by atoms with van der Waals surface area (Å²) in [7, 11) is 1.69. The largest absolute Gasteiger partial charge is 0.383 e. The van der Waals surface area contributed by atoms with E-state index >= 15 is 0 Å². The first kappa shape index (κ1) is 13.1. The summed E-state index contributed by atoms with van der Waals surface area (Å²) in [4.78, 5) is 0. The number of thioether (sulfide) groups is 1. The molecular weight excluding hydrogens is 228 g/mol. The number of ether oxygens (including phenoxy) is 1. The molecule has 0 aromatic rings. The molecule has 0 saturated carbocycles. The molecule has 0 unspecified atom stereocenters. The van der Waals surface area contributed by atoms with Gasteiger partial charge in [0.1, 0.15) is 0 Å². The van der Waals surface area contributed by atoms with Crippen LogP contribution in [-0.4, -0.2) is 43.4 Å². The first-order chi connectivity index (χ1) is 7.33. The van der Waals surface area contributed by atoms with Gasteiger partial charge in [0.15, 0.2) is 5.11 Å². The van der Waals surface area contributed by atoms with Gasteiger partial charge in [0.2, 0.25) is 0 Å². The van der Waals surface area contributed by atoms with Crippen LogP contribution in [0.25, 0.3) is 0 Å². The molecule has 5 heteroatoms. The van der Waals surface area contributed by atoms with E-state index in [0.717, 1.165) is 24.1 Å². The normalized spacial score (nSPS) is 17.4. The molecule has 0 aromatic heterocycles. The van der Waals surface area contributed by atoms with E-state index in [0.29, 0.717) is 6.61 Å². The second-order valence-corrected chi connectivity index (χ2v) is 5.32. The Morgan fingerprint density at radius 1 is 1.40 bits per heavy atom. The lowest BCUT2D eigenvalue weighted by molar-refractivity contribution is 0.204. The maximum atomic E-state index is 5.15. The summed E-state index contributed by atoms with van der Waals surface area (Å²) in [5, 5.41) is 7.13. The lowest BCUT2D eigenvalue weighted by Crippen LogP contribution is -2.39. The zero-order valence-electron chi connectivity index (χ0n) is 9.25. The van der Waals surface area contributed by atoms with Gasteiger partial charge in [-0.05, 0) is 42.5 Å². The van der Waals surface area contributed by atoms with Crippen LogP contribution in [0.3, 0.4) is 0 Å². The average Bonchev–Trinajstić information content (AvgIpc) is 2.28. The van der Waals surface area contributed by atoms with Crippen molar-refractivity contribution in [3.63, 3.8) is 0 Å². The standard InChI is InChI=1S/C10H20N2OS2/c1-13-5-4-11-10(14)12-8-9-2-6-15-7-3-9/h9H,2-8H2,1H3,(H2,11,12,14). The second kappa shape index (κ2) is 8.19. The van der Waals surface area contributed by atoms with E-state index in [9.17, 15) is 0 Å². The molecule has 0 spiro atoms. The first-order valence-electron chi connectivity index (χ1n) is 5.41. The molecule has 3 nitrogen and oxygen atoms in total. The fourth-order valence-corrected chi connectivity index (χ4v) is 2.91. The van der Waals surface area contributed by atoms with E-state index in [4.69, 9.17) is 17.0 Å². The SMILES string of the molecule is COCCNC(=S)NCC1CCSCC1. The minimum atomic E-state index is 0.696.